The van der Waals surface area contributed by atoms with Gasteiger partial charge in [-0.3, -0.25) is 4.79 Å². The van der Waals surface area contributed by atoms with Crippen LogP contribution in [-0.2, 0) is 16.4 Å². The number of sulfonamides is 1. The van der Waals surface area contributed by atoms with Crippen LogP contribution in [0.1, 0.15) is 48.5 Å². The first-order valence-electron chi connectivity index (χ1n) is 10.6. The summed E-state index contributed by atoms with van der Waals surface area (Å²) in [5, 5.41) is 2.90. The monoisotopic (exact) mass is 430 g/mol. The highest BCUT2D eigenvalue weighted by atomic mass is 32.2. The molecule has 0 radical (unpaired) electrons. The molecule has 1 amide bonds. The predicted octanol–water partition coefficient (Wildman–Crippen LogP) is 3.62. The van der Waals surface area contributed by atoms with Crippen LogP contribution in [0.4, 0.5) is 0 Å². The number of nitrogens with zero attached hydrogens (tertiary/aromatic N) is 1. The van der Waals surface area contributed by atoms with Gasteiger partial charge in [0.1, 0.15) is 5.75 Å². The Hall–Kier alpha value is -2.38. The van der Waals surface area contributed by atoms with Crippen molar-refractivity contribution in [3.05, 3.63) is 59.7 Å². The molecule has 30 heavy (non-hydrogen) atoms. The predicted molar refractivity (Wildman–Crippen MR) is 117 cm³/mol. The van der Waals surface area contributed by atoms with Crippen molar-refractivity contribution in [1.82, 2.24) is 9.62 Å². The van der Waals surface area contributed by atoms with Crippen molar-refractivity contribution in [2.24, 2.45) is 0 Å². The fourth-order valence-electron chi connectivity index (χ4n) is 3.55. The Morgan fingerprint density at radius 2 is 1.60 bits per heavy atom. The van der Waals surface area contributed by atoms with Crippen LogP contribution in [0.2, 0.25) is 0 Å². The summed E-state index contributed by atoms with van der Waals surface area (Å²) in [7, 11) is -3.43. The molecule has 0 aliphatic carbocycles. The van der Waals surface area contributed by atoms with Gasteiger partial charge in [0.15, 0.2) is 0 Å². The van der Waals surface area contributed by atoms with Gasteiger partial charge in [0.05, 0.1) is 11.5 Å². The second-order valence-corrected chi connectivity index (χ2v) is 9.36. The fourth-order valence-corrected chi connectivity index (χ4v) is 5.07. The number of amides is 1. The number of hydrogen-bond donors (Lipinski definition) is 1. The average Bonchev–Trinajstić information content (AvgIpc) is 3.05. The number of carbonyl (C=O) groups is 1. The molecule has 0 spiro atoms. The highest BCUT2D eigenvalue weighted by Crippen LogP contribution is 2.20. The van der Waals surface area contributed by atoms with Crippen molar-refractivity contribution in [1.29, 1.82) is 0 Å². The maximum Gasteiger partial charge on any atom is 0.251 e. The van der Waals surface area contributed by atoms with E-state index in [0.717, 1.165) is 37.0 Å². The molecule has 1 aliphatic rings. The molecule has 0 unspecified atom stereocenters. The van der Waals surface area contributed by atoms with E-state index in [1.165, 1.54) is 0 Å². The third-order valence-corrected chi connectivity index (χ3v) is 7.17. The van der Waals surface area contributed by atoms with Gasteiger partial charge in [-0.15, -0.1) is 0 Å². The van der Waals surface area contributed by atoms with E-state index in [4.69, 9.17) is 4.74 Å². The lowest BCUT2D eigenvalue weighted by Crippen LogP contribution is -2.31. The molecule has 0 saturated carbocycles. The van der Waals surface area contributed by atoms with E-state index in [1.54, 1.807) is 40.7 Å². The van der Waals surface area contributed by atoms with E-state index >= 15 is 0 Å². The Balaban J connectivity index is 1.52. The Labute approximate surface area is 179 Å². The molecule has 7 heteroatoms. The number of rotatable bonds is 8. The third kappa shape index (κ3) is 5.83. The van der Waals surface area contributed by atoms with Crippen molar-refractivity contribution in [2.45, 2.75) is 43.9 Å². The van der Waals surface area contributed by atoms with Crippen molar-refractivity contribution in [2.75, 3.05) is 26.2 Å². The lowest BCUT2D eigenvalue weighted by atomic mass is 10.1. The highest BCUT2D eigenvalue weighted by Gasteiger charge is 2.24. The molecule has 1 heterocycles. The molecule has 6 nitrogen and oxygen atoms in total. The van der Waals surface area contributed by atoms with E-state index in [9.17, 15) is 13.2 Å². The Bertz CT molecular complexity index is 917. The van der Waals surface area contributed by atoms with E-state index < -0.39 is 10.0 Å². The van der Waals surface area contributed by atoms with Crippen LogP contribution < -0.4 is 10.1 Å². The normalized spacial score (nSPS) is 15.4. The van der Waals surface area contributed by atoms with Gasteiger partial charge < -0.3 is 10.1 Å². The zero-order chi connectivity index (χ0) is 21.4. The van der Waals surface area contributed by atoms with E-state index in [0.29, 0.717) is 43.1 Å². The molecule has 0 atom stereocenters. The fraction of sp³-hybridized carbons (Fsp3) is 0.435. The zero-order valence-electron chi connectivity index (χ0n) is 17.5. The molecular weight excluding hydrogens is 400 g/mol. The van der Waals surface area contributed by atoms with Crippen LogP contribution in [0.15, 0.2) is 53.4 Å². The average molecular weight is 431 g/mol. The summed E-state index contributed by atoms with van der Waals surface area (Å²) in [5.41, 5.74) is 1.56. The second-order valence-electron chi connectivity index (χ2n) is 7.43. The van der Waals surface area contributed by atoms with Gasteiger partial charge in [-0.05, 0) is 68.1 Å². The van der Waals surface area contributed by atoms with Crippen LogP contribution in [0.5, 0.6) is 5.75 Å². The van der Waals surface area contributed by atoms with Crippen molar-refractivity contribution < 1.29 is 17.9 Å². The summed E-state index contributed by atoms with van der Waals surface area (Å²) in [5.74, 6) is 0.600. The van der Waals surface area contributed by atoms with Gasteiger partial charge >= 0.3 is 0 Å². The van der Waals surface area contributed by atoms with Gasteiger partial charge in [-0.25, -0.2) is 8.42 Å². The number of hydrogen-bond acceptors (Lipinski definition) is 4. The molecular formula is C23H30N2O4S. The zero-order valence-corrected chi connectivity index (χ0v) is 18.3. The van der Waals surface area contributed by atoms with Crippen LogP contribution in [-0.4, -0.2) is 44.9 Å². The van der Waals surface area contributed by atoms with Crippen LogP contribution in [0.25, 0.3) is 0 Å². The second kappa shape index (κ2) is 10.6. The number of carbonyl (C=O) groups excluding carboxylic acids is 1. The summed E-state index contributed by atoms with van der Waals surface area (Å²) in [6.07, 6.45) is 4.66. The molecule has 1 N–H and O–H groups in total. The standard InChI is InChI=1S/C23H30N2O4S/c1-2-29-21-11-9-20(10-12-21)23(26)24-16-15-19-7-13-22(14-8-19)30(27,28)25-17-5-3-4-6-18-25/h7-14H,2-6,15-18H2,1H3,(H,24,26). The molecule has 2 aromatic carbocycles. The summed E-state index contributed by atoms with van der Waals surface area (Å²) in [6.45, 7) is 4.18. The maximum absolute atomic E-state index is 12.8. The first kappa shape index (κ1) is 22.3. The lowest BCUT2D eigenvalue weighted by Gasteiger charge is -2.20. The van der Waals surface area contributed by atoms with Gasteiger partial charge in [0, 0.05) is 25.2 Å². The number of ether oxygens (including phenoxy) is 1. The Morgan fingerprint density at radius 1 is 0.967 bits per heavy atom. The summed E-state index contributed by atoms with van der Waals surface area (Å²) < 4.78 is 32.7. The van der Waals surface area contributed by atoms with Crippen molar-refractivity contribution >= 4 is 15.9 Å². The Kier molecular flexibility index (Phi) is 7.87. The molecule has 2 aromatic rings. The first-order valence-corrected chi connectivity index (χ1v) is 12.0. The lowest BCUT2D eigenvalue weighted by molar-refractivity contribution is 0.0954. The van der Waals surface area contributed by atoms with Crippen molar-refractivity contribution in [3.63, 3.8) is 0 Å². The van der Waals surface area contributed by atoms with Gasteiger partial charge in [-0.1, -0.05) is 25.0 Å². The minimum atomic E-state index is -3.43. The van der Waals surface area contributed by atoms with E-state index in [2.05, 4.69) is 5.32 Å². The molecule has 162 valence electrons. The van der Waals surface area contributed by atoms with Gasteiger partial charge in [0.2, 0.25) is 10.0 Å². The third-order valence-electron chi connectivity index (χ3n) is 5.25. The van der Waals surface area contributed by atoms with E-state index in [-0.39, 0.29) is 5.91 Å². The highest BCUT2D eigenvalue weighted by molar-refractivity contribution is 7.89. The first-order chi connectivity index (χ1) is 14.5. The number of nitrogens with one attached hydrogen (secondary N) is 1. The summed E-state index contributed by atoms with van der Waals surface area (Å²) in [4.78, 5) is 12.6. The summed E-state index contributed by atoms with van der Waals surface area (Å²) in [6, 6.07) is 14.0. The van der Waals surface area contributed by atoms with Crippen molar-refractivity contribution in [3.8, 4) is 5.75 Å². The molecule has 1 fully saturated rings. The van der Waals surface area contributed by atoms with Crippen LogP contribution >= 0.6 is 0 Å². The minimum absolute atomic E-state index is 0.140. The topological polar surface area (TPSA) is 75.7 Å². The smallest absolute Gasteiger partial charge is 0.251 e. The molecule has 1 saturated heterocycles. The Morgan fingerprint density at radius 3 is 2.20 bits per heavy atom. The summed E-state index contributed by atoms with van der Waals surface area (Å²) >= 11 is 0. The van der Waals surface area contributed by atoms with E-state index in [1.807, 2.05) is 19.1 Å². The minimum Gasteiger partial charge on any atom is -0.494 e. The molecule has 3 rings (SSSR count). The largest absolute Gasteiger partial charge is 0.494 e. The maximum atomic E-state index is 12.8. The molecule has 0 bridgehead atoms. The van der Waals surface area contributed by atoms with Gasteiger partial charge in [0.25, 0.3) is 5.91 Å². The molecule has 1 aliphatic heterocycles. The quantitative estimate of drug-likeness (QED) is 0.694. The van der Waals surface area contributed by atoms with Gasteiger partial charge in [-0.2, -0.15) is 4.31 Å². The number of benzene rings is 2. The van der Waals surface area contributed by atoms with Crippen LogP contribution in [0, 0.1) is 0 Å². The molecule has 0 aromatic heterocycles. The SMILES string of the molecule is CCOc1ccc(C(=O)NCCc2ccc(S(=O)(=O)N3CCCCCC3)cc2)cc1. The van der Waals surface area contributed by atoms with Crippen LogP contribution in [0.3, 0.4) is 0 Å².